The molecule has 0 saturated heterocycles. The Bertz CT molecular complexity index is 517. The Balaban J connectivity index is 1.92. The molecule has 5 nitrogen and oxygen atoms in total. The molecule has 0 aliphatic carbocycles. The molecular formula is C14H18N4O. The zero-order valence-corrected chi connectivity index (χ0v) is 11.2. The van der Waals surface area contributed by atoms with Crippen molar-refractivity contribution in [1.29, 1.82) is 0 Å². The molecule has 0 spiro atoms. The number of benzene rings is 1. The van der Waals surface area contributed by atoms with Crippen LogP contribution in [0.25, 0.3) is 0 Å². The van der Waals surface area contributed by atoms with Crippen LogP contribution in [0.2, 0.25) is 0 Å². The summed E-state index contributed by atoms with van der Waals surface area (Å²) in [5, 5.41) is 2.82. The van der Waals surface area contributed by atoms with Gasteiger partial charge in [-0.2, -0.15) is 0 Å². The van der Waals surface area contributed by atoms with Crippen molar-refractivity contribution in [3.63, 3.8) is 0 Å². The van der Waals surface area contributed by atoms with Crippen LogP contribution in [0.15, 0.2) is 36.7 Å². The second kappa shape index (κ2) is 6.15. The van der Waals surface area contributed by atoms with Crippen LogP contribution in [0.3, 0.4) is 0 Å². The third-order valence-electron chi connectivity index (χ3n) is 2.69. The lowest BCUT2D eigenvalue weighted by Gasteiger charge is -2.10. The standard InChI is InChI=1S/C14H18N4O/c1-18(2)10-11-3-5-12(6-4-11)14(19)17-9-13-15-7-8-16-13/h3-8H,9-10H2,1-2H3,(H,15,16)(H,17,19). The first-order chi connectivity index (χ1) is 9.15. The fourth-order valence-electron chi connectivity index (χ4n) is 1.79. The third kappa shape index (κ3) is 3.93. The number of aromatic amines is 1. The van der Waals surface area contributed by atoms with Crippen LogP contribution in [-0.2, 0) is 13.1 Å². The highest BCUT2D eigenvalue weighted by molar-refractivity contribution is 5.94. The van der Waals surface area contributed by atoms with E-state index < -0.39 is 0 Å². The summed E-state index contributed by atoms with van der Waals surface area (Å²) in [6.45, 7) is 1.28. The molecule has 0 saturated carbocycles. The highest BCUT2D eigenvalue weighted by Gasteiger charge is 2.06. The number of amides is 1. The van der Waals surface area contributed by atoms with Gasteiger partial charge in [0.15, 0.2) is 0 Å². The van der Waals surface area contributed by atoms with Crippen LogP contribution in [0, 0.1) is 0 Å². The van der Waals surface area contributed by atoms with Gasteiger partial charge in [-0.3, -0.25) is 4.79 Å². The first-order valence-electron chi connectivity index (χ1n) is 6.15. The molecule has 0 fully saturated rings. The number of hydrogen-bond donors (Lipinski definition) is 2. The van der Waals surface area contributed by atoms with Crippen molar-refractivity contribution in [2.24, 2.45) is 0 Å². The highest BCUT2D eigenvalue weighted by Crippen LogP contribution is 2.06. The fraction of sp³-hybridized carbons (Fsp3) is 0.286. The van der Waals surface area contributed by atoms with E-state index in [2.05, 4.69) is 20.2 Å². The van der Waals surface area contributed by atoms with Crippen LogP contribution in [0.1, 0.15) is 21.7 Å². The number of carbonyl (C=O) groups is 1. The molecule has 5 heteroatoms. The third-order valence-corrected chi connectivity index (χ3v) is 2.69. The topological polar surface area (TPSA) is 61.0 Å². The maximum Gasteiger partial charge on any atom is 0.251 e. The number of H-pyrrole nitrogens is 1. The van der Waals surface area contributed by atoms with Crippen molar-refractivity contribution in [3.05, 3.63) is 53.6 Å². The predicted octanol–water partition coefficient (Wildman–Crippen LogP) is 1.40. The van der Waals surface area contributed by atoms with Crippen molar-refractivity contribution in [2.45, 2.75) is 13.1 Å². The van der Waals surface area contributed by atoms with Crippen molar-refractivity contribution in [3.8, 4) is 0 Å². The summed E-state index contributed by atoms with van der Waals surface area (Å²) >= 11 is 0. The lowest BCUT2D eigenvalue weighted by atomic mass is 10.1. The minimum absolute atomic E-state index is 0.0900. The largest absolute Gasteiger partial charge is 0.347 e. The molecule has 0 radical (unpaired) electrons. The molecule has 1 aromatic heterocycles. The zero-order chi connectivity index (χ0) is 13.7. The molecule has 1 aromatic carbocycles. The van der Waals surface area contributed by atoms with E-state index in [4.69, 9.17) is 0 Å². The minimum atomic E-state index is -0.0900. The summed E-state index contributed by atoms with van der Waals surface area (Å²) in [5.74, 6) is 0.658. The van der Waals surface area contributed by atoms with Gasteiger partial charge in [0.1, 0.15) is 5.82 Å². The molecule has 0 aliphatic rings. The summed E-state index contributed by atoms with van der Waals surface area (Å²) in [6.07, 6.45) is 3.40. The maximum atomic E-state index is 11.9. The molecule has 0 aliphatic heterocycles. The molecule has 2 N–H and O–H groups in total. The molecule has 2 aromatic rings. The quantitative estimate of drug-likeness (QED) is 0.852. The van der Waals surface area contributed by atoms with Crippen molar-refractivity contribution < 1.29 is 4.79 Å². The number of nitrogens with one attached hydrogen (secondary N) is 2. The lowest BCUT2D eigenvalue weighted by molar-refractivity contribution is 0.0950. The molecule has 19 heavy (non-hydrogen) atoms. The van der Waals surface area contributed by atoms with Gasteiger partial charge in [0.25, 0.3) is 5.91 Å². The average Bonchev–Trinajstić information content (AvgIpc) is 2.89. The molecule has 1 heterocycles. The summed E-state index contributed by atoms with van der Waals surface area (Å²) in [4.78, 5) is 21.0. The molecule has 1 amide bonds. The number of carbonyl (C=O) groups excluding carboxylic acids is 1. The van der Waals surface area contributed by atoms with Crippen molar-refractivity contribution in [2.75, 3.05) is 14.1 Å². The van der Waals surface area contributed by atoms with Gasteiger partial charge in [-0.1, -0.05) is 12.1 Å². The van der Waals surface area contributed by atoms with Gasteiger partial charge in [0, 0.05) is 24.5 Å². The Hall–Kier alpha value is -2.14. The minimum Gasteiger partial charge on any atom is -0.347 e. The van der Waals surface area contributed by atoms with Gasteiger partial charge in [0.05, 0.1) is 6.54 Å². The van der Waals surface area contributed by atoms with E-state index in [0.717, 1.165) is 12.4 Å². The van der Waals surface area contributed by atoms with E-state index in [1.54, 1.807) is 12.4 Å². The molecular weight excluding hydrogens is 240 g/mol. The van der Waals surface area contributed by atoms with Gasteiger partial charge in [-0.15, -0.1) is 0 Å². The second-order valence-corrected chi connectivity index (χ2v) is 4.65. The first kappa shape index (κ1) is 13.3. The van der Waals surface area contributed by atoms with Crippen LogP contribution < -0.4 is 5.32 Å². The average molecular weight is 258 g/mol. The Morgan fingerprint density at radius 3 is 2.63 bits per heavy atom. The number of rotatable bonds is 5. The fourth-order valence-corrected chi connectivity index (χ4v) is 1.79. The first-order valence-corrected chi connectivity index (χ1v) is 6.15. The van der Waals surface area contributed by atoms with Gasteiger partial charge >= 0.3 is 0 Å². The van der Waals surface area contributed by atoms with Crippen LogP contribution in [0.5, 0.6) is 0 Å². The number of imidazole rings is 1. The van der Waals surface area contributed by atoms with Crippen LogP contribution in [-0.4, -0.2) is 34.9 Å². The maximum absolute atomic E-state index is 11.9. The van der Waals surface area contributed by atoms with Crippen molar-refractivity contribution in [1.82, 2.24) is 20.2 Å². The lowest BCUT2D eigenvalue weighted by Crippen LogP contribution is -2.23. The Morgan fingerprint density at radius 2 is 2.05 bits per heavy atom. The summed E-state index contributed by atoms with van der Waals surface area (Å²) in [7, 11) is 4.04. The smallest absolute Gasteiger partial charge is 0.251 e. The molecule has 0 bridgehead atoms. The Morgan fingerprint density at radius 1 is 1.32 bits per heavy atom. The predicted molar refractivity (Wildman–Crippen MR) is 73.6 cm³/mol. The molecule has 0 atom stereocenters. The van der Waals surface area contributed by atoms with E-state index in [0.29, 0.717) is 12.1 Å². The monoisotopic (exact) mass is 258 g/mol. The van der Waals surface area contributed by atoms with E-state index in [9.17, 15) is 4.79 Å². The van der Waals surface area contributed by atoms with Crippen molar-refractivity contribution >= 4 is 5.91 Å². The second-order valence-electron chi connectivity index (χ2n) is 4.65. The summed E-state index contributed by atoms with van der Waals surface area (Å²) in [6, 6.07) is 7.64. The highest BCUT2D eigenvalue weighted by atomic mass is 16.1. The molecule has 0 unspecified atom stereocenters. The number of aromatic nitrogens is 2. The molecule has 2 rings (SSSR count). The van der Waals surface area contributed by atoms with E-state index in [1.807, 2.05) is 38.4 Å². The van der Waals surface area contributed by atoms with E-state index in [-0.39, 0.29) is 5.91 Å². The molecule has 100 valence electrons. The van der Waals surface area contributed by atoms with E-state index in [1.165, 1.54) is 5.56 Å². The van der Waals surface area contributed by atoms with E-state index >= 15 is 0 Å². The SMILES string of the molecule is CN(C)Cc1ccc(C(=O)NCc2ncc[nH]2)cc1. The zero-order valence-electron chi connectivity index (χ0n) is 11.2. The van der Waals surface area contributed by atoms with Crippen LogP contribution in [0.4, 0.5) is 0 Å². The van der Waals surface area contributed by atoms with Gasteiger partial charge < -0.3 is 15.2 Å². The number of nitrogens with zero attached hydrogens (tertiary/aromatic N) is 2. The summed E-state index contributed by atoms with van der Waals surface area (Å²) < 4.78 is 0. The van der Waals surface area contributed by atoms with Gasteiger partial charge in [0.2, 0.25) is 0 Å². The Kier molecular flexibility index (Phi) is 4.30. The summed E-state index contributed by atoms with van der Waals surface area (Å²) in [5.41, 5.74) is 1.85. The van der Waals surface area contributed by atoms with Gasteiger partial charge in [-0.05, 0) is 31.8 Å². The van der Waals surface area contributed by atoms with Gasteiger partial charge in [-0.25, -0.2) is 4.98 Å². The van der Waals surface area contributed by atoms with Crippen LogP contribution >= 0.6 is 0 Å². The Labute approximate surface area is 112 Å². The normalized spacial score (nSPS) is 10.7. The number of hydrogen-bond acceptors (Lipinski definition) is 3.